The molecule has 28 heavy (non-hydrogen) atoms. The van der Waals surface area contributed by atoms with Crippen molar-refractivity contribution in [2.45, 2.75) is 25.4 Å². The monoisotopic (exact) mass is 378 g/mol. The number of hydrogen-bond acceptors (Lipinski definition) is 4. The van der Waals surface area contributed by atoms with E-state index < -0.39 is 0 Å². The summed E-state index contributed by atoms with van der Waals surface area (Å²) in [6, 6.07) is 15.0. The van der Waals surface area contributed by atoms with Gasteiger partial charge in [-0.25, -0.2) is 0 Å². The lowest BCUT2D eigenvalue weighted by Crippen LogP contribution is -2.43. The number of nitrogens with zero attached hydrogens (tertiary/aromatic N) is 2. The summed E-state index contributed by atoms with van der Waals surface area (Å²) in [5.41, 5.74) is 1.51. The van der Waals surface area contributed by atoms with Crippen LogP contribution in [0.4, 0.5) is 0 Å². The average molecular weight is 378 g/mol. The Labute approximate surface area is 165 Å². The number of hydrogen-bond donors (Lipinski definition) is 2. The van der Waals surface area contributed by atoms with Crippen LogP contribution in [0.15, 0.2) is 60.8 Å². The molecule has 0 spiro atoms. The van der Waals surface area contributed by atoms with Gasteiger partial charge in [-0.3, -0.25) is 19.5 Å². The third-order valence-corrected chi connectivity index (χ3v) is 4.74. The molecule has 1 aliphatic heterocycles. The Bertz CT molecular complexity index is 808. The zero-order valence-electron chi connectivity index (χ0n) is 16.0. The first-order valence-electron chi connectivity index (χ1n) is 9.62. The fourth-order valence-corrected chi connectivity index (χ4v) is 3.42. The molecule has 1 aliphatic rings. The molecular weight excluding hydrogens is 352 g/mol. The van der Waals surface area contributed by atoms with Crippen LogP contribution < -0.4 is 10.6 Å². The molecule has 6 heteroatoms. The van der Waals surface area contributed by atoms with Crippen LogP contribution in [0.25, 0.3) is 6.08 Å². The topological polar surface area (TPSA) is 74.3 Å². The van der Waals surface area contributed by atoms with Gasteiger partial charge in [0.15, 0.2) is 0 Å². The van der Waals surface area contributed by atoms with Crippen LogP contribution in [-0.2, 0) is 4.79 Å². The van der Waals surface area contributed by atoms with E-state index in [0.717, 1.165) is 5.56 Å². The molecule has 2 atom stereocenters. The number of likely N-dealkylation sites (N-methyl/N-ethyl adjacent to an activating group) is 1. The highest BCUT2D eigenvalue weighted by Gasteiger charge is 2.36. The van der Waals surface area contributed by atoms with Crippen molar-refractivity contribution in [1.29, 1.82) is 0 Å². The number of rotatable bonds is 7. The van der Waals surface area contributed by atoms with E-state index in [1.165, 1.54) is 0 Å². The van der Waals surface area contributed by atoms with Gasteiger partial charge in [0.1, 0.15) is 5.69 Å². The van der Waals surface area contributed by atoms with Gasteiger partial charge >= 0.3 is 0 Å². The first-order valence-corrected chi connectivity index (χ1v) is 9.62. The van der Waals surface area contributed by atoms with E-state index in [-0.39, 0.29) is 23.9 Å². The lowest BCUT2D eigenvalue weighted by atomic mass is 10.1. The van der Waals surface area contributed by atoms with Crippen molar-refractivity contribution in [2.24, 2.45) is 0 Å². The van der Waals surface area contributed by atoms with Gasteiger partial charge < -0.3 is 10.6 Å². The van der Waals surface area contributed by atoms with E-state index >= 15 is 0 Å². The number of nitrogens with one attached hydrogen (secondary N) is 2. The Kier molecular flexibility index (Phi) is 6.92. The average Bonchev–Trinajstić information content (AvgIpc) is 3.12. The minimum Gasteiger partial charge on any atom is -0.355 e. The van der Waals surface area contributed by atoms with Crippen LogP contribution in [0.3, 0.4) is 0 Å². The van der Waals surface area contributed by atoms with Gasteiger partial charge in [0.2, 0.25) is 5.91 Å². The van der Waals surface area contributed by atoms with Crippen LogP contribution in [0.2, 0.25) is 0 Å². The van der Waals surface area contributed by atoms with Gasteiger partial charge in [0.25, 0.3) is 5.91 Å². The minimum absolute atomic E-state index is 0.00481. The molecule has 2 N–H and O–H groups in total. The van der Waals surface area contributed by atoms with E-state index in [0.29, 0.717) is 31.7 Å². The normalized spacial score (nSPS) is 19.6. The summed E-state index contributed by atoms with van der Waals surface area (Å²) in [5, 5.41) is 5.91. The number of pyridine rings is 1. The van der Waals surface area contributed by atoms with E-state index in [1.807, 2.05) is 37.3 Å². The Balaban J connectivity index is 1.64. The molecule has 2 amide bonds. The van der Waals surface area contributed by atoms with Crippen molar-refractivity contribution >= 4 is 17.9 Å². The zero-order valence-corrected chi connectivity index (χ0v) is 16.0. The maximum atomic E-state index is 12.5. The number of likely N-dealkylation sites (tertiary alicyclic amines) is 1. The molecule has 1 aromatic carbocycles. The van der Waals surface area contributed by atoms with Gasteiger partial charge in [0, 0.05) is 31.9 Å². The third kappa shape index (κ3) is 5.27. The second kappa shape index (κ2) is 9.80. The van der Waals surface area contributed by atoms with Crippen molar-refractivity contribution in [1.82, 2.24) is 20.5 Å². The third-order valence-electron chi connectivity index (χ3n) is 4.74. The standard InChI is InChI=1S/C22H26N4O2/c1-2-23-22(28)20-15-18(25-21(27)19-12-6-7-13-24-19)16-26(20)14-8-11-17-9-4-3-5-10-17/h3-13,18,20H,2,14-16H2,1H3,(H,23,28)(H,25,27)/b11-8+/t18-,20-/m0/s1. The van der Waals surface area contributed by atoms with Crippen molar-refractivity contribution in [3.8, 4) is 0 Å². The smallest absolute Gasteiger partial charge is 0.270 e. The summed E-state index contributed by atoms with van der Waals surface area (Å²) in [6.07, 6.45) is 6.30. The van der Waals surface area contributed by atoms with Gasteiger partial charge in [-0.2, -0.15) is 0 Å². The molecule has 0 unspecified atom stereocenters. The van der Waals surface area contributed by atoms with Gasteiger partial charge in [-0.1, -0.05) is 48.6 Å². The first-order chi connectivity index (χ1) is 13.7. The Morgan fingerprint density at radius 2 is 1.96 bits per heavy atom. The largest absolute Gasteiger partial charge is 0.355 e. The lowest BCUT2D eigenvalue weighted by molar-refractivity contribution is -0.125. The Hall–Kier alpha value is -2.99. The molecule has 1 fully saturated rings. The summed E-state index contributed by atoms with van der Waals surface area (Å²) in [6.45, 7) is 3.77. The second-order valence-corrected chi connectivity index (χ2v) is 6.80. The maximum absolute atomic E-state index is 12.5. The van der Waals surface area contributed by atoms with Gasteiger partial charge in [-0.15, -0.1) is 0 Å². The lowest BCUT2D eigenvalue weighted by Gasteiger charge is -2.21. The van der Waals surface area contributed by atoms with Crippen LogP contribution in [0.5, 0.6) is 0 Å². The number of carbonyl (C=O) groups excluding carboxylic acids is 2. The fourth-order valence-electron chi connectivity index (χ4n) is 3.42. The van der Waals surface area contributed by atoms with Gasteiger partial charge in [-0.05, 0) is 31.0 Å². The van der Waals surface area contributed by atoms with Crippen molar-refractivity contribution < 1.29 is 9.59 Å². The van der Waals surface area contributed by atoms with Crippen LogP contribution in [0.1, 0.15) is 29.4 Å². The van der Waals surface area contributed by atoms with E-state index in [4.69, 9.17) is 0 Å². The highest BCUT2D eigenvalue weighted by molar-refractivity contribution is 5.92. The highest BCUT2D eigenvalue weighted by atomic mass is 16.2. The molecule has 6 nitrogen and oxygen atoms in total. The Morgan fingerprint density at radius 3 is 2.68 bits per heavy atom. The second-order valence-electron chi connectivity index (χ2n) is 6.80. The zero-order chi connectivity index (χ0) is 19.8. The van der Waals surface area contributed by atoms with E-state index in [1.54, 1.807) is 24.4 Å². The van der Waals surface area contributed by atoms with Gasteiger partial charge in [0.05, 0.1) is 6.04 Å². The van der Waals surface area contributed by atoms with Crippen LogP contribution in [-0.4, -0.2) is 53.4 Å². The predicted molar refractivity (Wildman–Crippen MR) is 110 cm³/mol. The molecule has 146 valence electrons. The number of benzene rings is 1. The Morgan fingerprint density at radius 1 is 1.18 bits per heavy atom. The highest BCUT2D eigenvalue weighted by Crippen LogP contribution is 2.19. The predicted octanol–water partition coefficient (Wildman–Crippen LogP) is 2.10. The maximum Gasteiger partial charge on any atom is 0.270 e. The summed E-state index contributed by atoms with van der Waals surface area (Å²) < 4.78 is 0. The van der Waals surface area contributed by atoms with Crippen molar-refractivity contribution in [2.75, 3.05) is 19.6 Å². The molecule has 0 radical (unpaired) electrons. The number of carbonyl (C=O) groups is 2. The summed E-state index contributed by atoms with van der Waals surface area (Å²) >= 11 is 0. The molecule has 0 saturated carbocycles. The van der Waals surface area contributed by atoms with E-state index in [9.17, 15) is 9.59 Å². The minimum atomic E-state index is -0.255. The van der Waals surface area contributed by atoms with E-state index in [2.05, 4.69) is 32.7 Å². The number of aromatic nitrogens is 1. The molecule has 3 rings (SSSR count). The first kappa shape index (κ1) is 19.8. The summed E-state index contributed by atoms with van der Waals surface area (Å²) in [4.78, 5) is 31.1. The molecule has 0 aliphatic carbocycles. The SMILES string of the molecule is CCNC(=O)[C@@H]1C[C@H](NC(=O)c2ccccn2)CN1C/C=C/c1ccccc1. The van der Waals surface area contributed by atoms with Crippen molar-refractivity contribution in [3.05, 3.63) is 72.1 Å². The molecular formula is C22H26N4O2. The summed E-state index contributed by atoms with van der Waals surface area (Å²) in [7, 11) is 0. The number of amides is 2. The fraction of sp³-hybridized carbons (Fsp3) is 0.318. The van der Waals surface area contributed by atoms with Crippen LogP contribution in [0, 0.1) is 0 Å². The molecule has 1 saturated heterocycles. The molecule has 2 heterocycles. The van der Waals surface area contributed by atoms with Crippen LogP contribution >= 0.6 is 0 Å². The molecule has 1 aromatic heterocycles. The quantitative estimate of drug-likeness (QED) is 0.774. The van der Waals surface area contributed by atoms with Crippen molar-refractivity contribution in [3.63, 3.8) is 0 Å². The molecule has 2 aromatic rings. The summed E-state index contributed by atoms with van der Waals surface area (Å²) in [5.74, 6) is -0.202. The molecule has 0 bridgehead atoms.